The third-order valence-corrected chi connectivity index (χ3v) is 4.97. The average Bonchev–Trinajstić information content (AvgIpc) is 3.13. The first-order chi connectivity index (χ1) is 13.7. The molecule has 0 saturated heterocycles. The average molecular weight is 375 g/mol. The van der Waals surface area contributed by atoms with Crippen LogP contribution in [0.25, 0.3) is 5.65 Å². The molecule has 2 N–H and O–H groups in total. The molecule has 2 heterocycles. The van der Waals surface area contributed by atoms with Gasteiger partial charge in [0.25, 0.3) is 0 Å². The first kappa shape index (κ1) is 18.3. The molecule has 3 aromatic rings. The minimum Gasteiger partial charge on any atom is -0.484 e. The molecule has 144 valence electrons. The van der Waals surface area contributed by atoms with E-state index < -0.39 is 0 Å². The molecular formula is C22H25N5O. The van der Waals surface area contributed by atoms with Gasteiger partial charge in [-0.1, -0.05) is 36.4 Å². The topological polar surface area (TPSA) is 68.7 Å². The third-order valence-electron chi connectivity index (χ3n) is 4.97. The van der Waals surface area contributed by atoms with E-state index >= 15 is 0 Å². The number of hydrogen-bond acceptors (Lipinski definition) is 5. The minimum atomic E-state index is -0.00411. The highest BCUT2D eigenvalue weighted by Gasteiger charge is 2.26. The Kier molecular flexibility index (Phi) is 5.12. The minimum absolute atomic E-state index is 0.00411. The number of benzene rings is 1. The number of aromatic nitrogens is 3. The van der Waals surface area contributed by atoms with Crippen molar-refractivity contribution in [2.75, 3.05) is 4.90 Å². The zero-order chi connectivity index (χ0) is 19.5. The Morgan fingerprint density at radius 1 is 1.04 bits per heavy atom. The lowest BCUT2D eigenvalue weighted by Crippen LogP contribution is -2.23. The maximum Gasteiger partial charge on any atom is 0.239 e. The summed E-state index contributed by atoms with van der Waals surface area (Å²) < 4.78 is 8.32. The third kappa shape index (κ3) is 3.39. The van der Waals surface area contributed by atoms with Crippen LogP contribution in [0.1, 0.15) is 50.0 Å². The number of anilines is 1. The number of rotatable bonds is 5. The normalized spacial score (nSPS) is 19.4. The fourth-order valence-electron chi connectivity index (χ4n) is 3.68. The molecule has 0 radical (unpaired) electrons. The summed E-state index contributed by atoms with van der Waals surface area (Å²) in [5.41, 5.74) is 9.40. The van der Waals surface area contributed by atoms with Gasteiger partial charge in [-0.25, -0.2) is 0 Å². The van der Waals surface area contributed by atoms with Gasteiger partial charge < -0.3 is 10.5 Å². The predicted octanol–water partition coefficient (Wildman–Crippen LogP) is 4.52. The molecule has 4 rings (SSSR count). The van der Waals surface area contributed by atoms with Crippen molar-refractivity contribution in [3.63, 3.8) is 0 Å². The Morgan fingerprint density at radius 2 is 1.79 bits per heavy atom. The van der Waals surface area contributed by atoms with E-state index in [4.69, 9.17) is 10.5 Å². The lowest BCUT2D eigenvalue weighted by atomic mass is 9.86. The zero-order valence-electron chi connectivity index (χ0n) is 16.2. The van der Waals surface area contributed by atoms with Gasteiger partial charge in [-0.05, 0) is 49.9 Å². The Labute approximate surface area is 164 Å². The van der Waals surface area contributed by atoms with E-state index in [0.717, 1.165) is 24.2 Å². The van der Waals surface area contributed by atoms with E-state index in [1.54, 1.807) is 0 Å². The molecule has 0 aliphatic heterocycles. The smallest absolute Gasteiger partial charge is 0.239 e. The fourth-order valence-corrected chi connectivity index (χ4v) is 3.68. The maximum atomic E-state index is 6.38. The number of hydrogen-bond donors (Lipinski definition) is 1. The van der Waals surface area contributed by atoms with Crippen LogP contribution in [0.4, 0.5) is 5.95 Å². The van der Waals surface area contributed by atoms with Crippen molar-refractivity contribution in [2.24, 2.45) is 5.73 Å². The van der Waals surface area contributed by atoms with Gasteiger partial charge in [0.2, 0.25) is 5.95 Å². The van der Waals surface area contributed by atoms with Crippen LogP contribution in [0, 0.1) is 0 Å². The second-order valence-electron chi connectivity index (χ2n) is 6.88. The van der Waals surface area contributed by atoms with Gasteiger partial charge in [-0.2, -0.15) is 0 Å². The van der Waals surface area contributed by atoms with Crippen molar-refractivity contribution in [2.45, 2.75) is 38.8 Å². The van der Waals surface area contributed by atoms with Gasteiger partial charge in [0, 0.05) is 18.4 Å². The van der Waals surface area contributed by atoms with E-state index in [0.29, 0.717) is 5.95 Å². The molecule has 0 spiro atoms. The molecule has 0 bridgehead atoms. The van der Waals surface area contributed by atoms with Crippen LogP contribution < -0.4 is 15.4 Å². The number of nitrogens with two attached hydrogens (primary N) is 1. The molecule has 6 heteroatoms. The molecule has 6 nitrogen and oxygen atoms in total. The second-order valence-corrected chi connectivity index (χ2v) is 6.88. The van der Waals surface area contributed by atoms with Crippen LogP contribution in [-0.2, 0) is 0 Å². The highest BCUT2D eigenvalue weighted by molar-refractivity contribution is 5.51. The van der Waals surface area contributed by atoms with E-state index in [1.165, 1.54) is 11.1 Å². The first-order valence-corrected chi connectivity index (χ1v) is 9.61. The molecule has 2 unspecified atom stereocenters. The second kappa shape index (κ2) is 7.86. The largest absolute Gasteiger partial charge is 0.484 e. The van der Waals surface area contributed by atoms with Crippen molar-refractivity contribution < 1.29 is 4.74 Å². The maximum absolute atomic E-state index is 6.38. The summed E-state index contributed by atoms with van der Waals surface area (Å²) in [5, 5.41) is 8.60. The summed E-state index contributed by atoms with van der Waals surface area (Å²) in [5.74, 6) is 1.49. The van der Waals surface area contributed by atoms with E-state index in [1.807, 2.05) is 78.2 Å². The highest BCUT2D eigenvalue weighted by Crippen LogP contribution is 2.37. The summed E-state index contributed by atoms with van der Waals surface area (Å²) in [7, 11) is 0. The zero-order valence-corrected chi connectivity index (χ0v) is 16.2. The summed E-state index contributed by atoms with van der Waals surface area (Å²) in [4.78, 5) is 1.93. The quantitative estimate of drug-likeness (QED) is 0.710. The summed E-state index contributed by atoms with van der Waals surface area (Å²) >= 11 is 0. The molecule has 0 fully saturated rings. The van der Waals surface area contributed by atoms with Crippen LogP contribution >= 0.6 is 0 Å². The molecule has 0 amide bonds. The molecule has 28 heavy (non-hydrogen) atoms. The molecule has 1 aromatic carbocycles. The van der Waals surface area contributed by atoms with Crippen molar-refractivity contribution in [1.29, 1.82) is 0 Å². The van der Waals surface area contributed by atoms with Crippen molar-refractivity contribution in [3.05, 3.63) is 78.3 Å². The molecule has 2 atom stereocenters. The number of pyridine rings is 1. The number of fused-ring (bicyclic) bond motifs is 2. The number of nitrogens with zero attached hydrogens (tertiary/aromatic N) is 4. The van der Waals surface area contributed by atoms with Crippen LogP contribution in [0.5, 0.6) is 5.75 Å². The van der Waals surface area contributed by atoms with Crippen molar-refractivity contribution in [1.82, 2.24) is 14.6 Å². The number of ether oxygens (including phenoxy) is 1. The molecule has 2 aromatic heterocycles. The Morgan fingerprint density at radius 3 is 2.54 bits per heavy atom. The monoisotopic (exact) mass is 375 g/mol. The van der Waals surface area contributed by atoms with E-state index in [2.05, 4.69) is 22.3 Å². The molecule has 1 aliphatic rings. The Bertz CT molecular complexity index is 1010. The van der Waals surface area contributed by atoms with Crippen molar-refractivity contribution in [3.8, 4) is 5.75 Å². The van der Waals surface area contributed by atoms with Gasteiger partial charge in [0.1, 0.15) is 11.9 Å². The highest BCUT2D eigenvalue weighted by atomic mass is 16.5. The molecule has 1 aliphatic carbocycles. The summed E-state index contributed by atoms with van der Waals surface area (Å²) in [6, 6.07) is 12.2. The van der Waals surface area contributed by atoms with Gasteiger partial charge in [0.15, 0.2) is 5.65 Å². The standard InChI is InChI=1S/C22H25N5O/c1-3-13-26(14-4-2)22-25-24-21-12-9-16(15-27(21)22)28-20-11-10-19(23)17-7-5-6-8-18(17)20/h3-9,12-15,19-20H,10-11,23H2,1-2H3. The van der Waals surface area contributed by atoms with E-state index in [-0.39, 0.29) is 12.1 Å². The Balaban J connectivity index is 1.67. The van der Waals surface area contributed by atoms with E-state index in [9.17, 15) is 0 Å². The molecule has 0 saturated carbocycles. The van der Waals surface area contributed by atoms with Crippen LogP contribution in [0.3, 0.4) is 0 Å². The van der Waals surface area contributed by atoms with Gasteiger partial charge in [0.05, 0.1) is 6.20 Å². The fraction of sp³-hybridized carbons (Fsp3) is 0.273. The van der Waals surface area contributed by atoms with Gasteiger partial charge in [-0.3, -0.25) is 9.30 Å². The lowest BCUT2D eigenvalue weighted by Gasteiger charge is -2.30. The van der Waals surface area contributed by atoms with Crippen molar-refractivity contribution >= 4 is 11.6 Å². The van der Waals surface area contributed by atoms with Gasteiger partial charge >= 0.3 is 0 Å². The number of allylic oxidation sites excluding steroid dienone is 2. The summed E-state index contributed by atoms with van der Waals surface area (Å²) in [6.45, 7) is 3.94. The van der Waals surface area contributed by atoms with Crippen LogP contribution in [0.15, 0.2) is 67.1 Å². The first-order valence-electron chi connectivity index (χ1n) is 9.61. The van der Waals surface area contributed by atoms with Gasteiger partial charge in [-0.15, -0.1) is 10.2 Å². The lowest BCUT2D eigenvalue weighted by molar-refractivity contribution is 0.176. The molecular weight excluding hydrogens is 350 g/mol. The Hall–Kier alpha value is -3.12. The van der Waals surface area contributed by atoms with Crippen LogP contribution in [-0.4, -0.2) is 14.6 Å². The van der Waals surface area contributed by atoms with Crippen LogP contribution in [0.2, 0.25) is 0 Å². The SMILES string of the molecule is CC=CN(C=CC)c1nnc2ccc(OC3CCC(N)c4ccccc43)cn12. The summed E-state index contributed by atoms with van der Waals surface area (Å²) in [6.07, 6.45) is 11.6. The predicted molar refractivity (Wildman–Crippen MR) is 111 cm³/mol.